The average Bonchev–Trinajstić information content (AvgIpc) is 3.12. The number of carbonyl (C=O) groups excluding carboxylic acids is 1. The summed E-state index contributed by atoms with van der Waals surface area (Å²) in [5, 5.41) is 5.28. The Kier molecular flexibility index (Phi) is 6.54. The molecular weight excluding hydrogens is 384 g/mol. The van der Waals surface area contributed by atoms with Gasteiger partial charge in [-0.05, 0) is 81.6 Å². The Labute approximate surface area is 175 Å². The van der Waals surface area contributed by atoms with E-state index < -0.39 is 0 Å². The maximum absolute atomic E-state index is 12.3. The van der Waals surface area contributed by atoms with Gasteiger partial charge in [0.2, 0.25) is 0 Å². The van der Waals surface area contributed by atoms with Gasteiger partial charge in [-0.1, -0.05) is 6.07 Å². The summed E-state index contributed by atoms with van der Waals surface area (Å²) < 4.78 is 11.4. The van der Waals surface area contributed by atoms with E-state index in [0.29, 0.717) is 5.13 Å². The number of hydrogen-bond acceptors (Lipinski definition) is 5. The number of rotatable bonds is 7. The van der Waals surface area contributed by atoms with Gasteiger partial charge < -0.3 is 9.47 Å². The standard InChI is InChI=1S/C23H26N2O3S/c1-14(2)28-19-8-6-18(7-9-19)20-13-29-23(24-20)25-22(26)12-27-21-11-15(3)10-16(4)17(21)5/h6-11,13-14H,12H2,1-5H3,(H,24,25,26). The molecule has 0 spiro atoms. The third-order valence-electron chi connectivity index (χ3n) is 4.40. The predicted molar refractivity (Wildman–Crippen MR) is 118 cm³/mol. The molecule has 1 N–H and O–H groups in total. The van der Waals surface area contributed by atoms with Crippen LogP contribution in [-0.4, -0.2) is 23.6 Å². The monoisotopic (exact) mass is 410 g/mol. The number of amides is 1. The molecule has 0 bridgehead atoms. The van der Waals surface area contributed by atoms with Gasteiger partial charge in [0.25, 0.3) is 5.91 Å². The summed E-state index contributed by atoms with van der Waals surface area (Å²) in [6, 6.07) is 11.8. The molecule has 0 saturated carbocycles. The lowest BCUT2D eigenvalue weighted by Crippen LogP contribution is -2.20. The first-order chi connectivity index (χ1) is 13.8. The van der Waals surface area contributed by atoms with E-state index in [-0.39, 0.29) is 18.6 Å². The smallest absolute Gasteiger partial charge is 0.264 e. The number of aromatic nitrogens is 1. The zero-order chi connectivity index (χ0) is 21.0. The molecule has 152 valence electrons. The third kappa shape index (κ3) is 5.57. The van der Waals surface area contributed by atoms with Gasteiger partial charge in [0, 0.05) is 10.9 Å². The number of thiazole rings is 1. The second kappa shape index (κ2) is 9.09. The predicted octanol–water partition coefficient (Wildman–Crippen LogP) is 5.54. The molecule has 0 saturated heterocycles. The zero-order valence-electron chi connectivity index (χ0n) is 17.4. The van der Waals surface area contributed by atoms with Gasteiger partial charge >= 0.3 is 0 Å². The van der Waals surface area contributed by atoms with E-state index in [0.717, 1.165) is 39.4 Å². The Hall–Kier alpha value is -2.86. The average molecular weight is 411 g/mol. The van der Waals surface area contributed by atoms with Gasteiger partial charge in [0.05, 0.1) is 11.8 Å². The number of anilines is 1. The van der Waals surface area contributed by atoms with Crippen molar-refractivity contribution in [3.8, 4) is 22.8 Å². The van der Waals surface area contributed by atoms with Gasteiger partial charge in [0.1, 0.15) is 11.5 Å². The molecule has 5 nitrogen and oxygen atoms in total. The topological polar surface area (TPSA) is 60.5 Å². The maximum atomic E-state index is 12.3. The molecule has 0 aliphatic carbocycles. The van der Waals surface area contributed by atoms with E-state index in [1.165, 1.54) is 11.3 Å². The molecule has 0 aliphatic heterocycles. The van der Waals surface area contributed by atoms with Crippen LogP contribution in [0.3, 0.4) is 0 Å². The molecule has 3 aromatic rings. The van der Waals surface area contributed by atoms with Crippen molar-refractivity contribution < 1.29 is 14.3 Å². The van der Waals surface area contributed by atoms with Crippen LogP contribution >= 0.6 is 11.3 Å². The first-order valence-electron chi connectivity index (χ1n) is 9.55. The lowest BCUT2D eigenvalue weighted by atomic mass is 10.1. The normalized spacial score (nSPS) is 10.8. The van der Waals surface area contributed by atoms with Crippen LogP contribution in [0.1, 0.15) is 30.5 Å². The molecule has 0 radical (unpaired) electrons. The SMILES string of the molecule is Cc1cc(C)c(C)c(OCC(=O)Nc2nc(-c3ccc(OC(C)C)cc3)cs2)c1. The van der Waals surface area contributed by atoms with E-state index in [1.54, 1.807) is 0 Å². The van der Waals surface area contributed by atoms with E-state index in [2.05, 4.69) is 16.4 Å². The number of nitrogens with one attached hydrogen (secondary N) is 1. The molecule has 0 fully saturated rings. The summed E-state index contributed by atoms with van der Waals surface area (Å²) in [6.45, 7) is 9.97. The molecule has 0 unspecified atom stereocenters. The molecule has 1 heterocycles. The van der Waals surface area contributed by atoms with Crippen LogP contribution in [0.4, 0.5) is 5.13 Å². The molecule has 1 amide bonds. The van der Waals surface area contributed by atoms with E-state index in [1.807, 2.05) is 70.3 Å². The van der Waals surface area contributed by atoms with Crippen LogP contribution < -0.4 is 14.8 Å². The Morgan fingerprint density at radius 1 is 1.14 bits per heavy atom. The third-order valence-corrected chi connectivity index (χ3v) is 5.15. The highest BCUT2D eigenvalue weighted by atomic mass is 32.1. The lowest BCUT2D eigenvalue weighted by Gasteiger charge is -2.12. The van der Waals surface area contributed by atoms with Gasteiger partial charge in [-0.2, -0.15) is 0 Å². The van der Waals surface area contributed by atoms with Gasteiger partial charge in [0.15, 0.2) is 11.7 Å². The molecule has 0 aliphatic rings. The number of carbonyl (C=O) groups is 1. The van der Waals surface area contributed by atoms with Crippen molar-refractivity contribution in [2.75, 3.05) is 11.9 Å². The van der Waals surface area contributed by atoms with Crippen LogP contribution in [-0.2, 0) is 4.79 Å². The first-order valence-corrected chi connectivity index (χ1v) is 10.4. The maximum Gasteiger partial charge on any atom is 0.264 e. The highest BCUT2D eigenvalue weighted by Crippen LogP contribution is 2.27. The van der Waals surface area contributed by atoms with Crippen LogP contribution in [0, 0.1) is 20.8 Å². The van der Waals surface area contributed by atoms with Crippen molar-refractivity contribution in [2.24, 2.45) is 0 Å². The van der Waals surface area contributed by atoms with Crippen LogP contribution in [0.2, 0.25) is 0 Å². The zero-order valence-corrected chi connectivity index (χ0v) is 18.2. The van der Waals surface area contributed by atoms with Gasteiger partial charge in [-0.15, -0.1) is 11.3 Å². The second-order valence-electron chi connectivity index (χ2n) is 7.27. The fourth-order valence-corrected chi connectivity index (χ4v) is 3.63. The number of aryl methyl sites for hydroxylation is 2. The molecule has 6 heteroatoms. The molecule has 0 atom stereocenters. The second-order valence-corrected chi connectivity index (χ2v) is 8.13. The minimum absolute atomic E-state index is 0.0557. The van der Waals surface area contributed by atoms with E-state index in [4.69, 9.17) is 9.47 Å². The molecular formula is C23H26N2O3S. The van der Waals surface area contributed by atoms with Crippen molar-refractivity contribution in [2.45, 2.75) is 40.7 Å². The minimum Gasteiger partial charge on any atom is -0.491 e. The lowest BCUT2D eigenvalue weighted by molar-refractivity contribution is -0.118. The first kappa shape index (κ1) is 20.9. The number of benzene rings is 2. The Morgan fingerprint density at radius 3 is 2.55 bits per heavy atom. The summed E-state index contributed by atoms with van der Waals surface area (Å²) in [7, 11) is 0. The molecule has 3 rings (SSSR count). The summed E-state index contributed by atoms with van der Waals surface area (Å²) in [5.74, 6) is 1.33. The summed E-state index contributed by atoms with van der Waals surface area (Å²) in [4.78, 5) is 16.8. The van der Waals surface area contributed by atoms with Crippen LogP contribution in [0.5, 0.6) is 11.5 Å². The molecule has 2 aromatic carbocycles. The summed E-state index contributed by atoms with van der Waals surface area (Å²) in [5.41, 5.74) is 5.09. The van der Waals surface area contributed by atoms with Crippen molar-refractivity contribution in [3.05, 3.63) is 58.5 Å². The van der Waals surface area contributed by atoms with Crippen LogP contribution in [0.25, 0.3) is 11.3 Å². The van der Waals surface area contributed by atoms with E-state index >= 15 is 0 Å². The quantitative estimate of drug-likeness (QED) is 0.555. The molecule has 1 aromatic heterocycles. The van der Waals surface area contributed by atoms with Crippen molar-refractivity contribution in [1.82, 2.24) is 4.98 Å². The highest BCUT2D eigenvalue weighted by Gasteiger charge is 2.11. The summed E-state index contributed by atoms with van der Waals surface area (Å²) in [6.07, 6.45) is 0.136. The number of ether oxygens (including phenoxy) is 2. The largest absolute Gasteiger partial charge is 0.491 e. The highest BCUT2D eigenvalue weighted by molar-refractivity contribution is 7.14. The van der Waals surface area contributed by atoms with Gasteiger partial charge in [-0.3, -0.25) is 10.1 Å². The van der Waals surface area contributed by atoms with Crippen molar-refractivity contribution in [1.29, 1.82) is 0 Å². The summed E-state index contributed by atoms with van der Waals surface area (Å²) >= 11 is 1.39. The molecule has 29 heavy (non-hydrogen) atoms. The fraction of sp³-hybridized carbons (Fsp3) is 0.304. The number of hydrogen-bond donors (Lipinski definition) is 1. The minimum atomic E-state index is -0.231. The Bertz CT molecular complexity index is 994. The Morgan fingerprint density at radius 2 is 1.86 bits per heavy atom. The Balaban J connectivity index is 1.59. The van der Waals surface area contributed by atoms with Gasteiger partial charge in [-0.25, -0.2) is 4.98 Å². The van der Waals surface area contributed by atoms with Crippen LogP contribution in [0.15, 0.2) is 41.8 Å². The fourth-order valence-electron chi connectivity index (χ4n) is 2.89. The number of nitrogens with zero attached hydrogens (tertiary/aromatic N) is 1. The van der Waals surface area contributed by atoms with E-state index in [9.17, 15) is 4.79 Å². The van der Waals surface area contributed by atoms with Crippen molar-refractivity contribution >= 4 is 22.4 Å². The van der Waals surface area contributed by atoms with Crippen molar-refractivity contribution in [3.63, 3.8) is 0 Å².